The monoisotopic (exact) mass is 249 g/mol. The zero-order valence-corrected chi connectivity index (χ0v) is 11.4. The van der Waals surface area contributed by atoms with Crippen molar-refractivity contribution in [3.63, 3.8) is 0 Å². The Hall–Kier alpha value is -1.26. The van der Waals surface area contributed by atoms with Crippen LogP contribution in [0.5, 0.6) is 5.75 Å². The van der Waals surface area contributed by atoms with Gasteiger partial charge in [0.05, 0.1) is 7.11 Å². The highest BCUT2D eigenvalue weighted by molar-refractivity contribution is 5.47. The van der Waals surface area contributed by atoms with Gasteiger partial charge in [-0.3, -0.25) is 4.90 Å². The van der Waals surface area contributed by atoms with Crippen LogP contribution in [0.4, 0.5) is 5.69 Å². The van der Waals surface area contributed by atoms with Gasteiger partial charge >= 0.3 is 0 Å². The number of nitrogen functional groups attached to an aromatic ring is 1. The van der Waals surface area contributed by atoms with Gasteiger partial charge in [0.1, 0.15) is 5.75 Å². The lowest BCUT2D eigenvalue weighted by Gasteiger charge is -2.34. The molecule has 0 aliphatic carbocycles. The topological polar surface area (TPSA) is 41.7 Å². The molecule has 0 bridgehead atoms. The molecule has 0 atom stereocenters. The second-order valence-corrected chi connectivity index (χ2v) is 4.78. The first-order valence-electron chi connectivity index (χ1n) is 6.60. The molecule has 1 aliphatic heterocycles. The molecule has 1 saturated heterocycles. The third kappa shape index (κ3) is 3.15. The van der Waals surface area contributed by atoms with E-state index in [0.717, 1.165) is 50.7 Å². The summed E-state index contributed by atoms with van der Waals surface area (Å²) in [5, 5.41) is 0. The highest BCUT2D eigenvalue weighted by Gasteiger charge is 2.16. The number of benzene rings is 1. The van der Waals surface area contributed by atoms with Crippen LogP contribution in [0.15, 0.2) is 18.2 Å². The van der Waals surface area contributed by atoms with Crippen molar-refractivity contribution in [3.05, 3.63) is 23.8 Å². The summed E-state index contributed by atoms with van der Waals surface area (Å²) in [6, 6.07) is 5.86. The summed E-state index contributed by atoms with van der Waals surface area (Å²) < 4.78 is 5.39. The molecule has 1 fully saturated rings. The number of hydrogen-bond donors (Lipinski definition) is 1. The molecule has 1 aliphatic rings. The number of piperazine rings is 1. The van der Waals surface area contributed by atoms with E-state index in [0.29, 0.717) is 0 Å². The Balaban J connectivity index is 1.99. The van der Waals surface area contributed by atoms with E-state index in [1.807, 2.05) is 18.2 Å². The molecule has 0 spiro atoms. The van der Waals surface area contributed by atoms with Crippen LogP contribution >= 0.6 is 0 Å². The number of nitrogens with two attached hydrogens (primary N) is 1. The van der Waals surface area contributed by atoms with Gasteiger partial charge < -0.3 is 15.4 Å². The number of hydrogen-bond acceptors (Lipinski definition) is 4. The molecule has 1 aromatic rings. The molecule has 4 nitrogen and oxygen atoms in total. The first kappa shape index (κ1) is 13.2. The van der Waals surface area contributed by atoms with E-state index in [1.165, 1.54) is 5.56 Å². The van der Waals surface area contributed by atoms with E-state index in [4.69, 9.17) is 10.5 Å². The zero-order valence-electron chi connectivity index (χ0n) is 11.4. The quantitative estimate of drug-likeness (QED) is 0.819. The Labute approximate surface area is 109 Å². The van der Waals surface area contributed by atoms with E-state index >= 15 is 0 Å². The van der Waals surface area contributed by atoms with Crippen molar-refractivity contribution in [2.45, 2.75) is 13.5 Å². The molecule has 2 N–H and O–H groups in total. The van der Waals surface area contributed by atoms with Gasteiger partial charge in [-0.25, -0.2) is 0 Å². The molecule has 1 heterocycles. The van der Waals surface area contributed by atoms with Crippen LogP contribution < -0.4 is 10.5 Å². The normalized spacial score (nSPS) is 17.9. The van der Waals surface area contributed by atoms with Gasteiger partial charge in [0.15, 0.2) is 0 Å². The Kier molecular flexibility index (Phi) is 4.44. The minimum Gasteiger partial charge on any atom is -0.496 e. The zero-order chi connectivity index (χ0) is 13.0. The lowest BCUT2D eigenvalue weighted by Crippen LogP contribution is -2.45. The van der Waals surface area contributed by atoms with Gasteiger partial charge in [0.25, 0.3) is 0 Å². The van der Waals surface area contributed by atoms with Gasteiger partial charge in [-0.1, -0.05) is 6.92 Å². The van der Waals surface area contributed by atoms with E-state index in [2.05, 4.69) is 16.7 Å². The number of ether oxygens (including phenoxy) is 1. The summed E-state index contributed by atoms with van der Waals surface area (Å²) in [7, 11) is 1.71. The third-order valence-corrected chi connectivity index (χ3v) is 3.61. The van der Waals surface area contributed by atoms with Crippen molar-refractivity contribution < 1.29 is 4.74 Å². The maximum absolute atomic E-state index is 5.85. The average Bonchev–Trinajstić information content (AvgIpc) is 2.40. The molecule has 0 aromatic heterocycles. The van der Waals surface area contributed by atoms with Crippen LogP contribution in [-0.4, -0.2) is 49.6 Å². The van der Waals surface area contributed by atoms with Gasteiger partial charge in [0, 0.05) is 44.0 Å². The minimum absolute atomic E-state index is 0.804. The molecule has 2 rings (SSSR count). The van der Waals surface area contributed by atoms with Crippen LogP contribution in [0, 0.1) is 0 Å². The molecule has 4 heteroatoms. The van der Waals surface area contributed by atoms with Gasteiger partial charge in [-0.15, -0.1) is 0 Å². The fraction of sp³-hybridized carbons (Fsp3) is 0.571. The molecule has 0 amide bonds. The number of rotatable bonds is 4. The maximum atomic E-state index is 5.85. The second kappa shape index (κ2) is 6.07. The fourth-order valence-electron chi connectivity index (χ4n) is 2.43. The molecule has 18 heavy (non-hydrogen) atoms. The van der Waals surface area contributed by atoms with E-state index in [1.54, 1.807) is 7.11 Å². The predicted molar refractivity (Wildman–Crippen MR) is 74.8 cm³/mol. The maximum Gasteiger partial charge on any atom is 0.123 e. The van der Waals surface area contributed by atoms with Crippen LogP contribution in [0.25, 0.3) is 0 Å². The molecule has 100 valence electrons. The standard InChI is InChI=1S/C14H23N3O/c1-3-16-6-8-17(9-7-16)11-12-10-13(15)4-5-14(12)18-2/h4-5,10H,3,6-9,11,15H2,1-2H3. The number of anilines is 1. The molecule has 0 unspecified atom stereocenters. The number of likely N-dealkylation sites (N-methyl/N-ethyl adjacent to an activating group) is 1. The fourth-order valence-corrected chi connectivity index (χ4v) is 2.43. The SMILES string of the molecule is CCN1CCN(Cc2cc(N)ccc2OC)CC1. The van der Waals surface area contributed by atoms with Crippen molar-refractivity contribution in [1.82, 2.24) is 9.80 Å². The summed E-state index contributed by atoms with van der Waals surface area (Å²) >= 11 is 0. The molecule has 1 aromatic carbocycles. The van der Waals surface area contributed by atoms with Crippen LogP contribution in [0.1, 0.15) is 12.5 Å². The molecule has 0 radical (unpaired) electrons. The van der Waals surface area contributed by atoms with E-state index in [-0.39, 0.29) is 0 Å². The van der Waals surface area contributed by atoms with Crippen molar-refractivity contribution >= 4 is 5.69 Å². The summed E-state index contributed by atoms with van der Waals surface area (Å²) in [6.45, 7) is 8.83. The number of nitrogens with zero attached hydrogens (tertiary/aromatic N) is 2. The van der Waals surface area contributed by atoms with Crippen LogP contribution in [0.3, 0.4) is 0 Å². The van der Waals surface area contributed by atoms with Crippen LogP contribution in [-0.2, 0) is 6.54 Å². The summed E-state index contributed by atoms with van der Waals surface area (Å²) in [5.74, 6) is 0.933. The van der Waals surface area contributed by atoms with Crippen molar-refractivity contribution in [2.75, 3.05) is 45.6 Å². The molecular formula is C14H23N3O. The minimum atomic E-state index is 0.804. The summed E-state index contributed by atoms with van der Waals surface area (Å²) in [5.41, 5.74) is 7.84. The Morgan fingerprint density at radius 3 is 2.44 bits per heavy atom. The smallest absolute Gasteiger partial charge is 0.123 e. The predicted octanol–water partition coefficient (Wildman–Crippen LogP) is 1.41. The van der Waals surface area contributed by atoms with E-state index in [9.17, 15) is 0 Å². The highest BCUT2D eigenvalue weighted by atomic mass is 16.5. The van der Waals surface area contributed by atoms with E-state index < -0.39 is 0 Å². The first-order valence-corrected chi connectivity index (χ1v) is 6.60. The van der Waals surface area contributed by atoms with Crippen LogP contribution in [0.2, 0.25) is 0 Å². The summed E-state index contributed by atoms with van der Waals surface area (Å²) in [6.07, 6.45) is 0. The van der Waals surface area contributed by atoms with Gasteiger partial charge in [-0.2, -0.15) is 0 Å². The van der Waals surface area contributed by atoms with Crippen molar-refractivity contribution in [3.8, 4) is 5.75 Å². The summed E-state index contributed by atoms with van der Waals surface area (Å²) in [4.78, 5) is 4.94. The lowest BCUT2D eigenvalue weighted by molar-refractivity contribution is 0.131. The Morgan fingerprint density at radius 2 is 1.83 bits per heavy atom. The number of methoxy groups -OCH3 is 1. The Morgan fingerprint density at radius 1 is 1.17 bits per heavy atom. The molecule has 0 saturated carbocycles. The van der Waals surface area contributed by atoms with Crippen molar-refractivity contribution in [2.24, 2.45) is 0 Å². The largest absolute Gasteiger partial charge is 0.496 e. The lowest BCUT2D eigenvalue weighted by atomic mass is 10.1. The Bertz CT molecular complexity index is 387. The van der Waals surface area contributed by atoms with Gasteiger partial charge in [-0.05, 0) is 24.7 Å². The molecular weight excluding hydrogens is 226 g/mol. The average molecular weight is 249 g/mol. The van der Waals surface area contributed by atoms with Crippen molar-refractivity contribution in [1.29, 1.82) is 0 Å². The van der Waals surface area contributed by atoms with Gasteiger partial charge in [0.2, 0.25) is 0 Å². The first-order chi connectivity index (χ1) is 8.72. The highest BCUT2D eigenvalue weighted by Crippen LogP contribution is 2.23. The second-order valence-electron chi connectivity index (χ2n) is 4.78. The third-order valence-electron chi connectivity index (χ3n) is 3.61.